The molecule has 0 radical (unpaired) electrons. The first-order valence-electron chi connectivity index (χ1n) is 4.20. The van der Waals surface area contributed by atoms with E-state index >= 15 is 0 Å². The van der Waals surface area contributed by atoms with E-state index in [-0.39, 0.29) is 72.0 Å². The third kappa shape index (κ3) is 4.51. The monoisotopic (exact) mass is 232 g/mol. The van der Waals surface area contributed by atoms with Gasteiger partial charge in [-0.25, -0.2) is 8.78 Å². The Morgan fingerprint density at radius 1 is 1.50 bits per heavy atom. The maximum Gasteiger partial charge on any atom is 1.00 e. The molecule has 5 heteroatoms. The Morgan fingerprint density at radius 3 is 2.50 bits per heavy atom. The molecular formula is C9H17F2KNO-. The molecule has 1 aliphatic heterocycles. The Kier molecular flexibility index (Phi) is 9.73. The van der Waals surface area contributed by atoms with E-state index in [9.17, 15) is 13.9 Å². The van der Waals surface area contributed by atoms with Gasteiger partial charge in [0.25, 0.3) is 6.43 Å². The fourth-order valence-corrected chi connectivity index (χ4v) is 1.72. The van der Waals surface area contributed by atoms with Gasteiger partial charge < -0.3 is 12.5 Å². The summed E-state index contributed by atoms with van der Waals surface area (Å²) in [7, 11) is 0. The normalized spacial score (nSPS) is 27.2. The molecular weight excluding hydrogens is 215 g/mol. The van der Waals surface area contributed by atoms with Crippen LogP contribution in [0.3, 0.4) is 0 Å². The summed E-state index contributed by atoms with van der Waals surface area (Å²) in [5.41, 5.74) is -0.517. The van der Waals surface area contributed by atoms with Gasteiger partial charge in [0.1, 0.15) is 0 Å². The minimum Gasteiger partial charge on any atom is -0.853 e. The smallest absolute Gasteiger partial charge is 0.853 e. The van der Waals surface area contributed by atoms with E-state index in [1.165, 1.54) is 0 Å². The zero-order valence-electron chi connectivity index (χ0n) is 9.22. The molecule has 1 unspecified atom stereocenters. The summed E-state index contributed by atoms with van der Waals surface area (Å²) in [4.78, 5) is 1.62. The van der Waals surface area contributed by atoms with Crippen LogP contribution < -0.4 is 56.5 Å². The van der Waals surface area contributed by atoms with Crippen molar-refractivity contribution in [1.82, 2.24) is 4.90 Å². The molecule has 0 aromatic rings. The zero-order valence-corrected chi connectivity index (χ0v) is 12.3. The molecule has 0 aliphatic carbocycles. The summed E-state index contributed by atoms with van der Waals surface area (Å²) in [5, 5.41) is 10.8. The van der Waals surface area contributed by atoms with Gasteiger partial charge in [0, 0.05) is 5.54 Å². The van der Waals surface area contributed by atoms with E-state index in [0.29, 0.717) is 6.54 Å². The Bertz CT molecular complexity index is 160. The molecule has 1 saturated heterocycles. The number of hydrogen-bond donors (Lipinski definition) is 0. The molecule has 0 saturated carbocycles. The first-order valence-corrected chi connectivity index (χ1v) is 4.20. The first kappa shape index (κ1) is 17.8. The summed E-state index contributed by atoms with van der Waals surface area (Å²) in [5.74, 6) is 0. The van der Waals surface area contributed by atoms with Gasteiger partial charge >= 0.3 is 51.4 Å². The molecule has 1 fully saturated rings. The average molecular weight is 232 g/mol. The third-order valence-electron chi connectivity index (χ3n) is 2.58. The summed E-state index contributed by atoms with van der Waals surface area (Å²) in [6, 6.07) is 0. The van der Waals surface area contributed by atoms with E-state index in [1.807, 2.05) is 0 Å². The molecule has 1 atom stereocenters. The van der Waals surface area contributed by atoms with Gasteiger partial charge in [-0.1, -0.05) is 0 Å². The second-order valence-corrected chi connectivity index (χ2v) is 3.58. The number of rotatable bonds is 3. The van der Waals surface area contributed by atoms with Crippen LogP contribution in [0.1, 0.15) is 19.8 Å². The van der Waals surface area contributed by atoms with Crippen LogP contribution in [0.5, 0.6) is 0 Å². The topological polar surface area (TPSA) is 26.3 Å². The molecule has 2 nitrogen and oxygen atoms in total. The maximum atomic E-state index is 12.0. The van der Waals surface area contributed by atoms with Crippen LogP contribution in [-0.2, 0) is 0 Å². The van der Waals surface area contributed by atoms with Crippen LogP contribution >= 0.6 is 0 Å². The Hall–Kier alpha value is 1.42. The summed E-state index contributed by atoms with van der Waals surface area (Å²) >= 11 is 0. The van der Waals surface area contributed by atoms with E-state index in [4.69, 9.17) is 0 Å². The number of halogens is 2. The van der Waals surface area contributed by atoms with Gasteiger partial charge in [0.05, 0.1) is 6.54 Å². The average Bonchev–Trinajstić information content (AvgIpc) is 2.33. The van der Waals surface area contributed by atoms with E-state index in [2.05, 4.69) is 0 Å². The molecule has 1 rings (SSSR count). The second-order valence-electron chi connectivity index (χ2n) is 3.58. The van der Waals surface area contributed by atoms with Crippen LogP contribution in [0.4, 0.5) is 8.78 Å². The minimum atomic E-state index is -2.33. The Morgan fingerprint density at radius 2 is 2.07 bits per heavy atom. The number of likely N-dealkylation sites (tertiary alicyclic amines) is 1. The second kappa shape index (κ2) is 7.65. The van der Waals surface area contributed by atoms with Gasteiger partial charge in [-0.15, -0.1) is 6.61 Å². The zero-order chi connectivity index (χ0) is 9.19. The van der Waals surface area contributed by atoms with Gasteiger partial charge in [0.2, 0.25) is 0 Å². The van der Waals surface area contributed by atoms with Gasteiger partial charge in [-0.3, -0.25) is 4.90 Å². The predicted molar refractivity (Wildman–Crippen MR) is 46.5 cm³/mol. The number of alkyl halides is 2. The third-order valence-corrected chi connectivity index (χ3v) is 2.58. The van der Waals surface area contributed by atoms with Crippen LogP contribution in [-0.4, -0.2) is 36.6 Å². The molecule has 0 spiro atoms. The van der Waals surface area contributed by atoms with Crippen LogP contribution in [0.2, 0.25) is 0 Å². The molecule has 14 heavy (non-hydrogen) atoms. The Labute approximate surface area is 127 Å². The first-order chi connectivity index (χ1) is 5.58. The Balaban J connectivity index is 0. The van der Waals surface area contributed by atoms with Gasteiger partial charge in [-0.2, -0.15) is 0 Å². The van der Waals surface area contributed by atoms with Crippen molar-refractivity contribution in [3.8, 4) is 0 Å². The summed E-state index contributed by atoms with van der Waals surface area (Å²) in [6.45, 7) is 1.89. The number of hydrogen-bond acceptors (Lipinski definition) is 2. The molecule has 1 aliphatic rings. The van der Waals surface area contributed by atoms with Crippen LogP contribution in [0, 0.1) is 7.43 Å². The predicted octanol–water partition coefficient (Wildman–Crippen LogP) is -2.08. The quantitative estimate of drug-likeness (QED) is 0.412. The fraction of sp³-hybridized carbons (Fsp3) is 0.889. The molecule has 0 bridgehead atoms. The van der Waals surface area contributed by atoms with E-state index in [1.54, 1.807) is 11.8 Å². The standard InChI is InChI=1S/C8H14F2NO.CH3.K/c1-8(6-12)3-2-4-11(8)5-7(9)10;;/h7H,2-6H2,1H3;1H3;/q2*-1;+1. The minimum absolute atomic E-state index is 0. The van der Waals surface area contributed by atoms with Gasteiger partial charge in [-0.05, 0) is 26.3 Å². The molecule has 0 amide bonds. The maximum absolute atomic E-state index is 12.0. The SMILES string of the molecule is CC1(C[O-])CCCN1CC(F)F.[CH3-].[K+]. The van der Waals surface area contributed by atoms with Gasteiger partial charge in [0.15, 0.2) is 0 Å². The van der Waals surface area contributed by atoms with Crippen molar-refractivity contribution in [2.24, 2.45) is 0 Å². The van der Waals surface area contributed by atoms with E-state index < -0.39 is 12.0 Å². The summed E-state index contributed by atoms with van der Waals surface area (Å²) < 4.78 is 24.0. The van der Waals surface area contributed by atoms with Crippen molar-refractivity contribution in [3.05, 3.63) is 7.43 Å². The van der Waals surface area contributed by atoms with Crippen molar-refractivity contribution in [1.29, 1.82) is 0 Å². The van der Waals surface area contributed by atoms with Crippen molar-refractivity contribution in [2.45, 2.75) is 31.7 Å². The molecule has 0 N–H and O–H groups in total. The van der Waals surface area contributed by atoms with Crippen molar-refractivity contribution in [2.75, 3.05) is 19.7 Å². The van der Waals surface area contributed by atoms with Crippen molar-refractivity contribution < 1.29 is 65.3 Å². The van der Waals surface area contributed by atoms with Crippen LogP contribution in [0.15, 0.2) is 0 Å². The fourth-order valence-electron chi connectivity index (χ4n) is 1.72. The van der Waals surface area contributed by atoms with Crippen molar-refractivity contribution in [3.63, 3.8) is 0 Å². The van der Waals surface area contributed by atoms with Crippen molar-refractivity contribution >= 4 is 0 Å². The summed E-state index contributed by atoms with van der Waals surface area (Å²) in [6.07, 6.45) is -0.705. The molecule has 80 valence electrons. The largest absolute Gasteiger partial charge is 1.00 e. The molecule has 1 heterocycles. The molecule has 0 aromatic heterocycles. The number of nitrogens with zero attached hydrogens (tertiary/aromatic N) is 1. The van der Waals surface area contributed by atoms with Crippen LogP contribution in [0.25, 0.3) is 0 Å². The van der Waals surface area contributed by atoms with E-state index in [0.717, 1.165) is 12.8 Å². The molecule has 0 aromatic carbocycles.